The highest BCUT2D eigenvalue weighted by Gasteiger charge is 2.35. The summed E-state index contributed by atoms with van der Waals surface area (Å²) in [5.74, 6) is 0. The molecule has 0 saturated carbocycles. The summed E-state index contributed by atoms with van der Waals surface area (Å²) in [7, 11) is 0. The SMILES string of the molecule is c1ccc(-c2cc3c4c(c2)c2c5c6ccccc6n(-c6ccccc6)c5ccc2n4C2[N-]c4ccccc4NC32)cc1. The minimum absolute atomic E-state index is 0.0548. The number of nitrogens with one attached hydrogen (secondary N) is 1. The highest BCUT2D eigenvalue weighted by atomic mass is 15.3. The molecular formula is C38H25N4-. The molecule has 0 bridgehead atoms. The standard InChI is InChI=1S/C38H25N4/c1-3-11-23(12-4-1)24-21-27-35-33(42-37(27)28(22-24)36-38(42)40-30-17-9-8-16-29(30)39-36)20-19-32-34(35)26-15-7-10-18-31(26)41(32)25-13-5-2-6-14-25/h1-22,36,38-39H/q-1. The summed E-state index contributed by atoms with van der Waals surface area (Å²) in [5.41, 5.74) is 12.0. The van der Waals surface area contributed by atoms with Gasteiger partial charge < -0.3 is 19.8 Å². The number of nitrogens with zero attached hydrogens (tertiary/aromatic N) is 3. The van der Waals surface area contributed by atoms with Crippen molar-refractivity contribution >= 4 is 55.0 Å². The fraction of sp³-hybridized carbons (Fsp3) is 0.0526. The molecule has 2 atom stereocenters. The number of anilines is 1. The van der Waals surface area contributed by atoms with Crippen molar-refractivity contribution in [1.29, 1.82) is 0 Å². The zero-order chi connectivity index (χ0) is 27.4. The Morgan fingerprint density at radius 3 is 2.17 bits per heavy atom. The molecule has 0 amide bonds. The molecule has 0 radical (unpaired) electrons. The first-order valence-corrected chi connectivity index (χ1v) is 14.6. The molecule has 198 valence electrons. The van der Waals surface area contributed by atoms with Gasteiger partial charge in [0.2, 0.25) is 0 Å². The molecule has 0 aliphatic carbocycles. The summed E-state index contributed by atoms with van der Waals surface area (Å²) in [6.45, 7) is 0. The van der Waals surface area contributed by atoms with Crippen molar-refractivity contribution in [2.24, 2.45) is 0 Å². The Morgan fingerprint density at radius 2 is 1.29 bits per heavy atom. The fourth-order valence-electron chi connectivity index (χ4n) is 7.54. The number of benzene rings is 6. The number of fused-ring (bicyclic) bond motifs is 11. The lowest BCUT2D eigenvalue weighted by molar-refractivity contribution is 0.566. The molecule has 2 aliphatic rings. The van der Waals surface area contributed by atoms with E-state index in [0.29, 0.717) is 0 Å². The van der Waals surface area contributed by atoms with Crippen LogP contribution >= 0.6 is 0 Å². The van der Waals surface area contributed by atoms with E-state index in [0.717, 1.165) is 11.4 Å². The van der Waals surface area contributed by atoms with Gasteiger partial charge in [0, 0.05) is 38.4 Å². The van der Waals surface area contributed by atoms with Crippen LogP contribution < -0.4 is 5.32 Å². The molecule has 10 rings (SSSR count). The van der Waals surface area contributed by atoms with Gasteiger partial charge in [0.25, 0.3) is 0 Å². The van der Waals surface area contributed by atoms with Crippen LogP contribution in [0.15, 0.2) is 133 Å². The van der Waals surface area contributed by atoms with E-state index in [9.17, 15) is 0 Å². The third-order valence-corrected chi connectivity index (χ3v) is 9.23. The molecule has 4 nitrogen and oxygen atoms in total. The molecule has 6 aromatic carbocycles. The van der Waals surface area contributed by atoms with Gasteiger partial charge >= 0.3 is 0 Å². The van der Waals surface area contributed by atoms with Crippen LogP contribution in [0.5, 0.6) is 0 Å². The minimum Gasteiger partial charge on any atom is -0.661 e. The van der Waals surface area contributed by atoms with Crippen LogP contribution in [-0.4, -0.2) is 9.13 Å². The highest BCUT2D eigenvalue weighted by Crippen LogP contribution is 2.57. The maximum Gasteiger partial charge on any atom is 0.0581 e. The molecular weight excluding hydrogens is 512 g/mol. The van der Waals surface area contributed by atoms with Gasteiger partial charge in [-0.25, -0.2) is 0 Å². The van der Waals surface area contributed by atoms with Crippen molar-refractivity contribution in [2.75, 3.05) is 5.32 Å². The lowest BCUT2D eigenvalue weighted by atomic mass is 9.94. The normalized spacial score (nSPS) is 17.0. The molecule has 8 aromatic rings. The van der Waals surface area contributed by atoms with Gasteiger partial charge in [-0.05, 0) is 71.4 Å². The van der Waals surface area contributed by atoms with E-state index >= 15 is 0 Å². The van der Waals surface area contributed by atoms with Gasteiger partial charge in [0.1, 0.15) is 0 Å². The zero-order valence-corrected chi connectivity index (χ0v) is 22.7. The monoisotopic (exact) mass is 537 g/mol. The van der Waals surface area contributed by atoms with Crippen LogP contribution in [0.4, 0.5) is 11.4 Å². The van der Waals surface area contributed by atoms with E-state index in [4.69, 9.17) is 5.32 Å². The van der Waals surface area contributed by atoms with Crippen molar-refractivity contribution in [3.05, 3.63) is 144 Å². The molecule has 42 heavy (non-hydrogen) atoms. The van der Waals surface area contributed by atoms with E-state index in [1.807, 2.05) is 0 Å². The van der Waals surface area contributed by atoms with E-state index in [1.165, 1.54) is 66.0 Å². The fourth-order valence-corrected chi connectivity index (χ4v) is 7.54. The number of para-hydroxylation sites is 4. The summed E-state index contributed by atoms with van der Waals surface area (Å²) < 4.78 is 4.91. The summed E-state index contributed by atoms with van der Waals surface area (Å²) in [6, 6.07) is 48.2. The van der Waals surface area contributed by atoms with Crippen LogP contribution in [0.1, 0.15) is 17.8 Å². The first-order valence-electron chi connectivity index (χ1n) is 14.6. The van der Waals surface area contributed by atoms with Gasteiger partial charge in [-0.3, -0.25) is 0 Å². The highest BCUT2D eigenvalue weighted by molar-refractivity contribution is 6.29. The molecule has 4 heterocycles. The van der Waals surface area contributed by atoms with Gasteiger partial charge in [-0.15, -0.1) is 5.69 Å². The lowest BCUT2D eigenvalue weighted by Crippen LogP contribution is -2.21. The molecule has 4 heteroatoms. The Bertz CT molecular complexity index is 2360. The smallest absolute Gasteiger partial charge is 0.0581 e. The van der Waals surface area contributed by atoms with Crippen molar-refractivity contribution < 1.29 is 0 Å². The first kappa shape index (κ1) is 22.2. The van der Waals surface area contributed by atoms with Gasteiger partial charge in [-0.1, -0.05) is 84.9 Å². The first-order chi connectivity index (χ1) is 20.8. The van der Waals surface area contributed by atoms with Crippen molar-refractivity contribution in [2.45, 2.75) is 12.2 Å². The molecule has 0 spiro atoms. The third-order valence-electron chi connectivity index (χ3n) is 9.23. The Balaban J connectivity index is 1.37. The topological polar surface area (TPSA) is 36.0 Å². The second-order valence-electron chi connectivity index (χ2n) is 11.4. The average molecular weight is 538 g/mol. The second kappa shape index (κ2) is 8.05. The Hall–Kier alpha value is -5.48. The maximum absolute atomic E-state index is 5.36. The van der Waals surface area contributed by atoms with E-state index in [1.54, 1.807) is 0 Å². The molecule has 2 aliphatic heterocycles. The van der Waals surface area contributed by atoms with Crippen LogP contribution in [0.2, 0.25) is 0 Å². The summed E-state index contributed by atoms with van der Waals surface area (Å²) in [6.07, 6.45) is -0.0548. The predicted octanol–water partition coefficient (Wildman–Crippen LogP) is 10.2. The molecule has 1 N–H and O–H groups in total. The second-order valence-corrected chi connectivity index (χ2v) is 11.4. The summed E-state index contributed by atoms with van der Waals surface area (Å²) >= 11 is 0. The van der Waals surface area contributed by atoms with E-state index < -0.39 is 0 Å². The Labute approximate surface area is 242 Å². The molecule has 2 unspecified atom stereocenters. The molecule has 0 saturated heterocycles. The quantitative estimate of drug-likeness (QED) is 0.234. The summed E-state index contributed by atoms with van der Waals surface area (Å²) in [4.78, 5) is 0. The summed E-state index contributed by atoms with van der Waals surface area (Å²) in [5, 5.41) is 14.4. The number of aromatic nitrogens is 2. The third kappa shape index (κ3) is 2.81. The van der Waals surface area contributed by atoms with E-state index in [2.05, 4.69) is 148 Å². The van der Waals surface area contributed by atoms with Crippen LogP contribution in [0.3, 0.4) is 0 Å². The van der Waals surface area contributed by atoms with Crippen molar-refractivity contribution in [3.63, 3.8) is 0 Å². The van der Waals surface area contributed by atoms with Crippen LogP contribution in [-0.2, 0) is 0 Å². The molecule has 2 aromatic heterocycles. The van der Waals surface area contributed by atoms with Crippen LogP contribution in [0, 0.1) is 0 Å². The Kier molecular flexibility index (Phi) is 4.26. The Morgan fingerprint density at radius 1 is 0.571 bits per heavy atom. The largest absolute Gasteiger partial charge is 0.661 e. The van der Waals surface area contributed by atoms with Gasteiger partial charge in [-0.2, -0.15) is 0 Å². The predicted molar refractivity (Wildman–Crippen MR) is 174 cm³/mol. The van der Waals surface area contributed by atoms with Gasteiger partial charge in [0.05, 0.1) is 22.6 Å². The maximum atomic E-state index is 5.36. The molecule has 0 fully saturated rings. The van der Waals surface area contributed by atoms with Crippen molar-refractivity contribution in [1.82, 2.24) is 9.13 Å². The zero-order valence-electron chi connectivity index (χ0n) is 22.7. The lowest BCUT2D eigenvalue weighted by Gasteiger charge is -2.44. The minimum atomic E-state index is -0.0548. The number of hydrogen-bond acceptors (Lipinski definition) is 1. The van der Waals surface area contributed by atoms with E-state index in [-0.39, 0.29) is 12.2 Å². The average Bonchev–Trinajstić information content (AvgIpc) is 3.68. The van der Waals surface area contributed by atoms with Crippen LogP contribution in [0.25, 0.3) is 65.7 Å². The van der Waals surface area contributed by atoms with Crippen molar-refractivity contribution in [3.8, 4) is 16.8 Å². The number of hydrogen-bond donors (Lipinski definition) is 1. The van der Waals surface area contributed by atoms with Gasteiger partial charge in [0.15, 0.2) is 0 Å². The number of rotatable bonds is 2.